The van der Waals surface area contributed by atoms with Gasteiger partial charge in [-0.1, -0.05) is 29.3 Å². The number of hydrogen-bond acceptors (Lipinski definition) is 7. The summed E-state index contributed by atoms with van der Waals surface area (Å²) in [5.41, 5.74) is 2.57. The molecule has 2 heterocycles. The van der Waals surface area contributed by atoms with Crippen molar-refractivity contribution in [3.63, 3.8) is 0 Å². The van der Waals surface area contributed by atoms with E-state index in [1.54, 1.807) is 27.0 Å². The van der Waals surface area contributed by atoms with Crippen LogP contribution in [0.1, 0.15) is 48.1 Å². The zero-order chi connectivity index (χ0) is 27.0. The molecule has 0 fully saturated rings. The molecule has 0 radical (unpaired) electrons. The molecule has 0 bridgehead atoms. The summed E-state index contributed by atoms with van der Waals surface area (Å²) in [4.78, 5) is 28.2. The molecular formula is C26H33ClFN3O4. The van der Waals surface area contributed by atoms with E-state index in [0.717, 1.165) is 18.0 Å². The predicted molar refractivity (Wildman–Crippen MR) is 138 cm³/mol. The van der Waals surface area contributed by atoms with E-state index in [-0.39, 0.29) is 24.0 Å². The second-order valence-corrected chi connectivity index (χ2v) is 7.65. The summed E-state index contributed by atoms with van der Waals surface area (Å²) >= 11 is 5.82. The Kier molecular flexibility index (Phi) is 15.5. The molecule has 3 aromatic rings. The lowest BCUT2D eigenvalue weighted by atomic mass is 10.1. The van der Waals surface area contributed by atoms with Crippen molar-refractivity contribution in [3.05, 3.63) is 82.1 Å². The average molecular weight is 506 g/mol. The SMILES string of the molecule is C=O.CCO.CNc1cc(Cl)cnc1C(=O)c1cc(F)cnc1C.Cc1ccc(OC(C)C)cc1. The molecule has 0 aliphatic rings. The van der Waals surface area contributed by atoms with E-state index in [2.05, 4.69) is 34.3 Å². The van der Waals surface area contributed by atoms with Crippen LogP contribution in [0.5, 0.6) is 5.75 Å². The number of aliphatic hydroxyl groups is 1. The number of halogens is 2. The molecule has 0 aliphatic heterocycles. The number of aryl methyl sites for hydroxylation is 2. The minimum Gasteiger partial charge on any atom is -0.491 e. The standard InChI is InChI=1S/C13H11ClFN3O.C10H14O.C2H6O.CH2O/c1-7-10(4-9(15)6-17-7)13(19)12-11(16-2)3-8(14)5-18-12;1-8(2)11-10-6-4-9(3)5-7-10;1-2-3;1-2/h3-6,16H,1-2H3;4-8H,1-3H3;3H,2H2,1H3;1H2. The minimum atomic E-state index is -0.561. The van der Waals surface area contributed by atoms with Crippen molar-refractivity contribution in [1.82, 2.24) is 9.97 Å². The van der Waals surface area contributed by atoms with E-state index < -0.39 is 11.6 Å². The van der Waals surface area contributed by atoms with Crippen LogP contribution >= 0.6 is 11.6 Å². The van der Waals surface area contributed by atoms with Crippen LogP contribution in [0.15, 0.2) is 48.8 Å². The van der Waals surface area contributed by atoms with Crippen molar-refractivity contribution in [2.45, 2.75) is 40.7 Å². The highest BCUT2D eigenvalue weighted by atomic mass is 35.5. The van der Waals surface area contributed by atoms with Gasteiger partial charge in [0.25, 0.3) is 0 Å². The zero-order valence-corrected chi connectivity index (χ0v) is 21.7. The maximum Gasteiger partial charge on any atom is 0.215 e. The summed E-state index contributed by atoms with van der Waals surface area (Å²) in [6, 6.07) is 10.8. The molecule has 35 heavy (non-hydrogen) atoms. The molecule has 2 aromatic heterocycles. The lowest BCUT2D eigenvalue weighted by Gasteiger charge is -2.09. The number of aromatic nitrogens is 2. The molecule has 7 nitrogen and oxygen atoms in total. The fourth-order valence-corrected chi connectivity index (χ4v) is 2.72. The maximum absolute atomic E-state index is 13.2. The summed E-state index contributed by atoms with van der Waals surface area (Å²) in [6.45, 7) is 11.7. The van der Waals surface area contributed by atoms with Gasteiger partial charge in [0.1, 0.15) is 24.0 Å². The highest BCUT2D eigenvalue weighted by Crippen LogP contribution is 2.22. The lowest BCUT2D eigenvalue weighted by molar-refractivity contribution is -0.0980. The van der Waals surface area contributed by atoms with Gasteiger partial charge in [-0.2, -0.15) is 0 Å². The second-order valence-electron chi connectivity index (χ2n) is 7.21. The van der Waals surface area contributed by atoms with Crippen molar-refractivity contribution >= 4 is 29.9 Å². The average Bonchev–Trinajstić information content (AvgIpc) is 2.83. The second kappa shape index (κ2) is 17.1. The Balaban J connectivity index is 0.000000612. The number of pyridine rings is 2. The molecular weight excluding hydrogens is 473 g/mol. The number of ketones is 1. The third-order valence-corrected chi connectivity index (χ3v) is 4.24. The topological polar surface area (TPSA) is 101 Å². The maximum atomic E-state index is 13.2. The van der Waals surface area contributed by atoms with E-state index in [4.69, 9.17) is 26.2 Å². The molecule has 0 spiro atoms. The van der Waals surface area contributed by atoms with E-state index in [9.17, 15) is 9.18 Å². The molecule has 1 aromatic carbocycles. The van der Waals surface area contributed by atoms with E-state index in [0.29, 0.717) is 16.4 Å². The van der Waals surface area contributed by atoms with Crippen molar-refractivity contribution in [2.24, 2.45) is 0 Å². The van der Waals surface area contributed by atoms with Gasteiger partial charge in [-0.25, -0.2) is 9.37 Å². The highest BCUT2D eigenvalue weighted by Gasteiger charge is 2.18. The number of aliphatic hydroxyl groups excluding tert-OH is 1. The molecule has 0 atom stereocenters. The van der Waals surface area contributed by atoms with Gasteiger partial charge < -0.3 is 20.0 Å². The van der Waals surface area contributed by atoms with E-state index in [1.165, 1.54) is 11.8 Å². The van der Waals surface area contributed by atoms with Crippen LogP contribution in [0.4, 0.5) is 10.1 Å². The minimum absolute atomic E-state index is 0.183. The van der Waals surface area contributed by atoms with Gasteiger partial charge in [-0.05, 0) is 58.9 Å². The van der Waals surface area contributed by atoms with Crippen LogP contribution in [0.25, 0.3) is 0 Å². The number of anilines is 1. The molecule has 2 N–H and O–H groups in total. The van der Waals surface area contributed by atoms with Gasteiger partial charge in [-0.3, -0.25) is 9.78 Å². The quantitative estimate of drug-likeness (QED) is 0.445. The highest BCUT2D eigenvalue weighted by molar-refractivity contribution is 6.31. The number of rotatable bonds is 5. The third-order valence-electron chi connectivity index (χ3n) is 4.03. The predicted octanol–water partition coefficient (Wildman–Crippen LogP) is 5.45. The third kappa shape index (κ3) is 11.6. The zero-order valence-electron chi connectivity index (χ0n) is 20.9. The number of benzene rings is 1. The van der Waals surface area contributed by atoms with E-state index >= 15 is 0 Å². The molecule has 0 saturated heterocycles. The smallest absolute Gasteiger partial charge is 0.215 e. The largest absolute Gasteiger partial charge is 0.491 e. The van der Waals surface area contributed by atoms with Crippen LogP contribution in [0.2, 0.25) is 5.02 Å². The summed E-state index contributed by atoms with van der Waals surface area (Å²) in [6.07, 6.45) is 2.70. The molecule has 190 valence electrons. The molecule has 9 heteroatoms. The van der Waals surface area contributed by atoms with Crippen LogP contribution in [0, 0.1) is 19.7 Å². The number of carbonyl (C=O) groups excluding carboxylic acids is 2. The molecule has 0 amide bonds. The van der Waals surface area contributed by atoms with Crippen molar-refractivity contribution in [1.29, 1.82) is 0 Å². The first-order valence-corrected chi connectivity index (χ1v) is 11.1. The molecule has 0 unspecified atom stereocenters. The van der Waals surface area contributed by atoms with Crippen molar-refractivity contribution in [2.75, 3.05) is 19.0 Å². The van der Waals surface area contributed by atoms with Gasteiger partial charge in [0.05, 0.1) is 23.0 Å². The number of ether oxygens (including phenoxy) is 1. The summed E-state index contributed by atoms with van der Waals surface area (Å²) < 4.78 is 18.7. The molecule has 0 saturated carbocycles. The van der Waals surface area contributed by atoms with Gasteiger partial charge in [-0.15, -0.1) is 0 Å². The first kappa shape index (κ1) is 31.6. The number of carbonyl (C=O) groups is 2. The molecule has 3 rings (SSSR count). The first-order chi connectivity index (χ1) is 16.6. The monoisotopic (exact) mass is 505 g/mol. The Hall–Kier alpha value is -3.36. The Morgan fingerprint density at radius 1 is 1.14 bits per heavy atom. The number of nitrogens with zero attached hydrogens (tertiary/aromatic N) is 2. The Morgan fingerprint density at radius 2 is 1.71 bits per heavy atom. The van der Waals surface area contributed by atoms with Crippen LogP contribution in [-0.4, -0.2) is 47.4 Å². The number of nitrogens with one attached hydrogen (secondary N) is 1. The van der Waals surface area contributed by atoms with E-state index in [1.807, 2.05) is 32.8 Å². The van der Waals surface area contributed by atoms with Crippen molar-refractivity contribution in [3.8, 4) is 5.75 Å². The fourth-order valence-electron chi connectivity index (χ4n) is 2.56. The van der Waals surface area contributed by atoms with Crippen LogP contribution < -0.4 is 10.1 Å². The Labute approximate surface area is 211 Å². The van der Waals surface area contributed by atoms with Gasteiger partial charge >= 0.3 is 0 Å². The van der Waals surface area contributed by atoms with Crippen molar-refractivity contribution < 1.29 is 23.8 Å². The summed E-state index contributed by atoms with van der Waals surface area (Å²) in [7, 11) is 1.65. The summed E-state index contributed by atoms with van der Waals surface area (Å²) in [5, 5.41) is 10.8. The normalized spacial score (nSPS) is 9.43. The summed E-state index contributed by atoms with van der Waals surface area (Å²) in [5.74, 6) is -0.00922. The first-order valence-electron chi connectivity index (χ1n) is 10.8. The van der Waals surface area contributed by atoms with Crippen LogP contribution in [-0.2, 0) is 4.79 Å². The number of hydrogen-bond donors (Lipinski definition) is 2. The lowest BCUT2D eigenvalue weighted by Crippen LogP contribution is -2.10. The van der Waals surface area contributed by atoms with Gasteiger partial charge in [0.2, 0.25) is 5.78 Å². The Morgan fingerprint density at radius 3 is 2.23 bits per heavy atom. The molecule has 0 aliphatic carbocycles. The van der Waals surface area contributed by atoms with Gasteiger partial charge in [0, 0.05) is 31.1 Å². The van der Waals surface area contributed by atoms with Crippen LogP contribution in [0.3, 0.4) is 0 Å². The van der Waals surface area contributed by atoms with Gasteiger partial charge in [0.15, 0.2) is 0 Å². The Bertz CT molecular complexity index is 1050. The fraction of sp³-hybridized carbons (Fsp3) is 0.308.